The maximum absolute atomic E-state index is 12.2. The Labute approximate surface area is 118 Å². The van der Waals surface area contributed by atoms with Crippen LogP contribution in [0.3, 0.4) is 0 Å². The summed E-state index contributed by atoms with van der Waals surface area (Å²) >= 11 is 0. The lowest BCUT2D eigenvalue weighted by Gasteiger charge is -2.29. The Bertz CT molecular complexity index is 502. The number of amides is 3. The van der Waals surface area contributed by atoms with Crippen molar-refractivity contribution in [1.82, 2.24) is 5.32 Å². The number of nitrogens with two attached hydrogens (primary N) is 1. The molecular formula is C15H21N3O2. The summed E-state index contributed by atoms with van der Waals surface area (Å²) in [5.41, 5.74) is 6.13. The molecule has 1 saturated carbocycles. The van der Waals surface area contributed by atoms with Crippen molar-refractivity contribution in [2.75, 3.05) is 5.32 Å². The van der Waals surface area contributed by atoms with Gasteiger partial charge in [0.2, 0.25) is 0 Å². The average Bonchev–Trinajstić information content (AvgIpc) is 2.41. The number of nitrogens with one attached hydrogen (secondary N) is 2. The molecule has 108 valence electrons. The van der Waals surface area contributed by atoms with Gasteiger partial charge in [-0.05, 0) is 37.0 Å². The van der Waals surface area contributed by atoms with Gasteiger partial charge in [0.05, 0.1) is 0 Å². The van der Waals surface area contributed by atoms with E-state index in [0.717, 1.165) is 12.8 Å². The Kier molecular flexibility index (Phi) is 4.61. The number of hydrogen-bond donors (Lipinski definition) is 3. The molecule has 1 fully saturated rings. The summed E-state index contributed by atoms with van der Waals surface area (Å²) in [6.07, 6.45) is 4.60. The van der Waals surface area contributed by atoms with Crippen LogP contribution in [0.1, 0.15) is 43.0 Å². The molecule has 5 nitrogen and oxygen atoms in total. The minimum absolute atomic E-state index is 0.100. The molecule has 4 N–H and O–H groups in total. The quantitative estimate of drug-likeness (QED) is 0.791. The minimum atomic E-state index is -0.636. The zero-order valence-corrected chi connectivity index (χ0v) is 11.7. The highest BCUT2D eigenvalue weighted by atomic mass is 16.2. The third-order valence-corrected chi connectivity index (χ3v) is 3.82. The molecule has 0 heterocycles. The normalized spacial score (nSPS) is 22.1. The first-order valence-corrected chi connectivity index (χ1v) is 7.03. The third-order valence-electron chi connectivity index (χ3n) is 3.82. The van der Waals surface area contributed by atoms with Gasteiger partial charge in [-0.1, -0.05) is 25.8 Å². The molecule has 0 radical (unpaired) electrons. The Morgan fingerprint density at radius 2 is 2.00 bits per heavy atom. The zero-order chi connectivity index (χ0) is 14.5. The van der Waals surface area contributed by atoms with Crippen molar-refractivity contribution in [3.63, 3.8) is 0 Å². The molecule has 3 amide bonds. The highest BCUT2D eigenvalue weighted by molar-refractivity contribution is 5.96. The summed E-state index contributed by atoms with van der Waals surface area (Å²) in [6, 6.07) is 6.39. The first-order valence-electron chi connectivity index (χ1n) is 7.03. The topological polar surface area (TPSA) is 84.2 Å². The number of primary amides is 1. The highest BCUT2D eigenvalue weighted by Gasteiger charge is 2.23. The lowest BCUT2D eigenvalue weighted by molar-refractivity contribution is 0.0910. The van der Waals surface area contributed by atoms with Crippen LogP contribution in [-0.2, 0) is 0 Å². The van der Waals surface area contributed by atoms with Crippen LogP contribution in [0.2, 0.25) is 0 Å². The van der Waals surface area contributed by atoms with E-state index in [-0.39, 0.29) is 11.9 Å². The maximum atomic E-state index is 12.2. The van der Waals surface area contributed by atoms with Crippen molar-refractivity contribution in [3.8, 4) is 0 Å². The fourth-order valence-electron chi connectivity index (χ4n) is 2.66. The van der Waals surface area contributed by atoms with Gasteiger partial charge in [-0.3, -0.25) is 4.79 Å². The van der Waals surface area contributed by atoms with Crippen LogP contribution in [0.25, 0.3) is 0 Å². The fourth-order valence-corrected chi connectivity index (χ4v) is 2.66. The molecule has 0 bridgehead atoms. The van der Waals surface area contributed by atoms with Crippen LogP contribution in [0.15, 0.2) is 24.3 Å². The fraction of sp³-hybridized carbons (Fsp3) is 0.467. The molecule has 1 aromatic rings. The largest absolute Gasteiger partial charge is 0.351 e. The van der Waals surface area contributed by atoms with Crippen LogP contribution in [-0.4, -0.2) is 18.0 Å². The molecule has 0 unspecified atom stereocenters. The molecule has 1 aliphatic rings. The predicted octanol–water partition coefficient (Wildman–Crippen LogP) is 2.49. The van der Waals surface area contributed by atoms with Crippen LogP contribution < -0.4 is 16.4 Å². The van der Waals surface area contributed by atoms with E-state index in [1.165, 1.54) is 12.8 Å². The molecule has 2 rings (SSSR count). The Morgan fingerprint density at radius 3 is 2.70 bits per heavy atom. The summed E-state index contributed by atoms with van der Waals surface area (Å²) in [5.74, 6) is 0.413. The molecule has 0 spiro atoms. The molecule has 0 aromatic heterocycles. The van der Waals surface area contributed by atoms with Gasteiger partial charge in [-0.2, -0.15) is 0 Å². The van der Waals surface area contributed by atoms with Crippen LogP contribution >= 0.6 is 0 Å². The van der Waals surface area contributed by atoms with Gasteiger partial charge in [0.15, 0.2) is 0 Å². The van der Waals surface area contributed by atoms with Crippen molar-refractivity contribution < 1.29 is 9.59 Å². The molecular weight excluding hydrogens is 254 g/mol. The summed E-state index contributed by atoms with van der Waals surface area (Å²) in [6.45, 7) is 2.18. The predicted molar refractivity (Wildman–Crippen MR) is 78.5 cm³/mol. The van der Waals surface area contributed by atoms with Crippen molar-refractivity contribution in [1.29, 1.82) is 0 Å². The summed E-state index contributed by atoms with van der Waals surface area (Å²) in [4.78, 5) is 23.1. The number of benzene rings is 1. The standard InChI is InChI=1S/C15H21N3O2/c1-10-5-2-3-8-13(10)18-14(19)11-6-4-7-12(9-11)17-15(16)20/h4,6-7,9-10,13H,2-3,5,8H2,1H3,(H,18,19)(H3,16,17,20)/t10-,13+/m0/s1. The number of hydrogen-bond acceptors (Lipinski definition) is 2. The third kappa shape index (κ3) is 3.73. The lowest BCUT2D eigenvalue weighted by atomic mass is 9.86. The second kappa shape index (κ2) is 6.41. The highest BCUT2D eigenvalue weighted by Crippen LogP contribution is 2.24. The second-order valence-corrected chi connectivity index (χ2v) is 5.41. The van der Waals surface area contributed by atoms with Gasteiger partial charge < -0.3 is 16.4 Å². The van der Waals surface area contributed by atoms with Gasteiger partial charge in [-0.25, -0.2) is 4.79 Å². The van der Waals surface area contributed by atoms with Crippen LogP contribution in [0.4, 0.5) is 10.5 Å². The van der Waals surface area contributed by atoms with E-state index in [9.17, 15) is 9.59 Å². The first kappa shape index (κ1) is 14.4. The molecule has 0 aliphatic heterocycles. The van der Waals surface area contributed by atoms with Gasteiger partial charge >= 0.3 is 6.03 Å². The van der Waals surface area contributed by atoms with Crippen molar-refractivity contribution in [2.45, 2.75) is 38.6 Å². The van der Waals surface area contributed by atoms with Crippen molar-refractivity contribution >= 4 is 17.6 Å². The van der Waals surface area contributed by atoms with E-state index in [1.54, 1.807) is 24.3 Å². The number of urea groups is 1. The van der Waals surface area contributed by atoms with E-state index in [4.69, 9.17) is 5.73 Å². The van der Waals surface area contributed by atoms with Gasteiger partial charge in [0, 0.05) is 17.3 Å². The number of anilines is 1. The van der Waals surface area contributed by atoms with Crippen molar-refractivity contribution in [3.05, 3.63) is 29.8 Å². The van der Waals surface area contributed by atoms with E-state index in [0.29, 0.717) is 17.2 Å². The summed E-state index contributed by atoms with van der Waals surface area (Å²) < 4.78 is 0. The minimum Gasteiger partial charge on any atom is -0.351 e. The summed E-state index contributed by atoms with van der Waals surface area (Å²) in [5, 5.41) is 5.55. The average molecular weight is 275 g/mol. The number of carbonyl (C=O) groups is 2. The summed E-state index contributed by atoms with van der Waals surface area (Å²) in [7, 11) is 0. The molecule has 5 heteroatoms. The van der Waals surface area contributed by atoms with E-state index in [1.807, 2.05) is 0 Å². The molecule has 2 atom stereocenters. The second-order valence-electron chi connectivity index (χ2n) is 5.41. The van der Waals surface area contributed by atoms with E-state index < -0.39 is 6.03 Å². The number of carbonyl (C=O) groups excluding carboxylic acids is 2. The Morgan fingerprint density at radius 1 is 1.25 bits per heavy atom. The van der Waals surface area contributed by atoms with E-state index in [2.05, 4.69) is 17.6 Å². The monoisotopic (exact) mass is 275 g/mol. The number of rotatable bonds is 3. The molecule has 20 heavy (non-hydrogen) atoms. The smallest absolute Gasteiger partial charge is 0.316 e. The maximum Gasteiger partial charge on any atom is 0.316 e. The van der Waals surface area contributed by atoms with Crippen LogP contribution in [0, 0.1) is 5.92 Å². The Balaban J connectivity index is 2.03. The van der Waals surface area contributed by atoms with E-state index >= 15 is 0 Å². The van der Waals surface area contributed by atoms with Crippen molar-refractivity contribution in [2.24, 2.45) is 11.7 Å². The SMILES string of the molecule is C[C@H]1CCCC[C@H]1NC(=O)c1cccc(NC(N)=O)c1. The Hall–Kier alpha value is -2.04. The van der Waals surface area contributed by atoms with Crippen LogP contribution in [0.5, 0.6) is 0 Å². The van der Waals surface area contributed by atoms with Gasteiger partial charge in [0.1, 0.15) is 0 Å². The molecule has 1 aromatic carbocycles. The van der Waals surface area contributed by atoms with Gasteiger partial charge in [-0.15, -0.1) is 0 Å². The lowest BCUT2D eigenvalue weighted by Crippen LogP contribution is -2.41. The first-order chi connectivity index (χ1) is 9.56. The zero-order valence-electron chi connectivity index (χ0n) is 11.7. The molecule has 0 saturated heterocycles. The van der Waals surface area contributed by atoms with Gasteiger partial charge in [0.25, 0.3) is 5.91 Å². The molecule has 1 aliphatic carbocycles.